The topological polar surface area (TPSA) is 133 Å². The molecule has 0 atom stereocenters. The van der Waals surface area contributed by atoms with Crippen molar-refractivity contribution in [2.24, 2.45) is 0 Å². The van der Waals surface area contributed by atoms with Gasteiger partial charge in [-0.1, -0.05) is 29.3 Å². The number of halogens is 3. The highest BCUT2D eigenvalue weighted by molar-refractivity contribution is 9.10. The number of hydrogen-bond donors (Lipinski definition) is 1. The van der Waals surface area contributed by atoms with Crippen LogP contribution in [0.15, 0.2) is 47.1 Å². The molecule has 3 rings (SSSR count). The van der Waals surface area contributed by atoms with Gasteiger partial charge in [-0.15, -0.1) is 0 Å². The summed E-state index contributed by atoms with van der Waals surface area (Å²) in [5.74, 6) is -0.656. The molecule has 0 fully saturated rings. The second-order valence-electron chi connectivity index (χ2n) is 5.98. The molecule has 0 radical (unpaired) electrons. The first-order valence-corrected chi connectivity index (χ1v) is 9.61. The van der Waals surface area contributed by atoms with E-state index in [1.807, 2.05) is 0 Å². The van der Waals surface area contributed by atoms with Crippen LogP contribution in [0, 0.1) is 20.2 Å². The van der Waals surface area contributed by atoms with Crippen molar-refractivity contribution >= 4 is 62.2 Å². The van der Waals surface area contributed by atoms with Gasteiger partial charge in [-0.2, -0.15) is 5.10 Å². The van der Waals surface area contributed by atoms with Crippen molar-refractivity contribution in [1.82, 2.24) is 9.78 Å². The first-order valence-electron chi connectivity index (χ1n) is 8.06. The van der Waals surface area contributed by atoms with Crippen molar-refractivity contribution in [2.75, 3.05) is 5.32 Å². The van der Waals surface area contributed by atoms with Gasteiger partial charge in [0.05, 0.1) is 42.5 Å². The Balaban J connectivity index is 1.83. The Labute approximate surface area is 186 Å². The van der Waals surface area contributed by atoms with E-state index < -0.39 is 27.1 Å². The molecule has 0 saturated heterocycles. The molecule has 0 saturated carbocycles. The van der Waals surface area contributed by atoms with E-state index in [0.717, 1.165) is 23.8 Å². The molecule has 0 aliphatic heterocycles. The maximum atomic E-state index is 12.5. The number of benzene rings is 2. The standard InChI is InChI=1S/C17H10BrCl2N5O5/c18-13-8-23(7-9-1-2-14(19)15(20)3-9)22-16(13)21-17(26)10-4-11(24(27)28)6-12(5-10)25(29)30/h1-6,8H,7H2,(H,21,22,26). The Morgan fingerprint density at radius 2 is 1.70 bits per heavy atom. The predicted octanol–water partition coefficient (Wildman–Crippen LogP) is 5.07. The van der Waals surface area contributed by atoms with E-state index in [1.54, 1.807) is 24.4 Å². The van der Waals surface area contributed by atoms with Gasteiger partial charge in [-0.25, -0.2) is 0 Å². The lowest BCUT2D eigenvalue weighted by Gasteiger charge is -2.05. The highest BCUT2D eigenvalue weighted by Gasteiger charge is 2.21. The lowest BCUT2D eigenvalue weighted by atomic mass is 10.1. The number of non-ortho nitro benzene ring substituents is 2. The minimum absolute atomic E-state index is 0.134. The van der Waals surface area contributed by atoms with E-state index in [2.05, 4.69) is 26.3 Å². The smallest absolute Gasteiger partial charge is 0.277 e. The third-order valence-corrected chi connectivity index (χ3v) is 5.18. The van der Waals surface area contributed by atoms with Gasteiger partial charge in [-0.3, -0.25) is 29.7 Å². The van der Waals surface area contributed by atoms with E-state index >= 15 is 0 Å². The Morgan fingerprint density at radius 3 is 2.27 bits per heavy atom. The summed E-state index contributed by atoms with van der Waals surface area (Å²) in [6.07, 6.45) is 1.61. The minimum Gasteiger partial charge on any atom is -0.304 e. The van der Waals surface area contributed by atoms with E-state index in [1.165, 1.54) is 4.68 Å². The van der Waals surface area contributed by atoms with Crippen molar-refractivity contribution in [3.8, 4) is 0 Å². The third-order valence-electron chi connectivity index (χ3n) is 3.86. The molecule has 1 amide bonds. The molecule has 0 aliphatic rings. The number of aromatic nitrogens is 2. The van der Waals surface area contributed by atoms with Crippen LogP contribution in [-0.2, 0) is 6.54 Å². The summed E-state index contributed by atoms with van der Waals surface area (Å²) in [6.45, 7) is 0.327. The first-order chi connectivity index (χ1) is 14.1. The van der Waals surface area contributed by atoms with E-state index in [-0.39, 0.29) is 11.4 Å². The molecule has 13 heteroatoms. The number of carbonyl (C=O) groups is 1. The molecule has 0 aliphatic carbocycles. The van der Waals surface area contributed by atoms with Crippen LogP contribution in [0.2, 0.25) is 10.0 Å². The highest BCUT2D eigenvalue weighted by Crippen LogP contribution is 2.26. The zero-order valence-electron chi connectivity index (χ0n) is 14.7. The molecule has 1 N–H and O–H groups in total. The highest BCUT2D eigenvalue weighted by atomic mass is 79.9. The number of rotatable bonds is 6. The Morgan fingerprint density at radius 1 is 1.07 bits per heavy atom. The van der Waals surface area contributed by atoms with E-state index in [0.29, 0.717) is 21.1 Å². The number of nitro groups is 2. The minimum atomic E-state index is -0.814. The second kappa shape index (κ2) is 8.78. The molecule has 10 nitrogen and oxygen atoms in total. The molecule has 1 aromatic heterocycles. The second-order valence-corrected chi connectivity index (χ2v) is 7.65. The molecule has 30 heavy (non-hydrogen) atoms. The molecular formula is C17H10BrCl2N5O5. The number of nitro benzene ring substituents is 2. The number of hydrogen-bond acceptors (Lipinski definition) is 6. The number of nitrogens with one attached hydrogen (secondary N) is 1. The van der Waals surface area contributed by atoms with Crippen molar-refractivity contribution < 1.29 is 14.6 Å². The summed E-state index contributed by atoms with van der Waals surface area (Å²) >= 11 is 15.2. The Hall–Kier alpha value is -3.02. The summed E-state index contributed by atoms with van der Waals surface area (Å²) < 4.78 is 1.96. The molecule has 0 unspecified atom stereocenters. The number of anilines is 1. The van der Waals surface area contributed by atoms with Gasteiger partial charge < -0.3 is 5.32 Å². The number of nitrogens with zero attached hydrogens (tertiary/aromatic N) is 4. The van der Waals surface area contributed by atoms with Crippen LogP contribution in [0.5, 0.6) is 0 Å². The van der Waals surface area contributed by atoms with Gasteiger partial charge in [0.1, 0.15) is 0 Å². The lowest BCUT2D eigenvalue weighted by molar-refractivity contribution is -0.394. The SMILES string of the molecule is O=C(Nc1nn(Cc2ccc(Cl)c(Cl)c2)cc1Br)c1cc([N+](=O)[O-])cc([N+](=O)[O-])c1. The van der Waals surface area contributed by atoms with Crippen LogP contribution >= 0.6 is 39.1 Å². The van der Waals surface area contributed by atoms with Crippen LogP contribution in [-0.4, -0.2) is 25.5 Å². The fraction of sp³-hybridized carbons (Fsp3) is 0.0588. The number of amides is 1. The fourth-order valence-electron chi connectivity index (χ4n) is 2.50. The molecule has 154 valence electrons. The maximum absolute atomic E-state index is 12.5. The first kappa shape index (κ1) is 21.7. The van der Waals surface area contributed by atoms with Gasteiger partial charge in [0.15, 0.2) is 5.82 Å². The van der Waals surface area contributed by atoms with Crippen molar-refractivity contribution in [1.29, 1.82) is 0 Å². The van der Waals surface area contributed by atoms with Gasteiger partial charge in [0.2, 0.25) is 0 Å². The van der Waals surface area contributed by atoms with E-state index in [4.69, 9.17) is 23.2 Å². The molecule has 1 heterocycles. The van der Waals surface area contributed by atoms with Gasteiger partial charge in [-0.05, 0) is 33.6 Å². The molecule has 2 aromatic carbocycles. The van der Waals surface area contributed by atoms with Gasteiger partial charge >= 0.3 is 0 Å². The summed E-state index contributed by atoms with van der Waals surface area (Å²) in [4.78, 5) is 32.9. The predicted molar refractivity (Wildman–Crippen MR) is 113 cm³/mol. The number of carbonyl (C=O) groups excluding carboxylic acids is 1. The van der Waals surface area contributed by atoms with Crippen molar-refractivity contribution in [3.05, 3.63) is 88.5 Å². The van der Waals surface area contributed by atoms with Crippen LogP contribution in [0.4, 0.5) is 17.2 Å². The van der Waals surface area contributed by atoms with E-state index in [9.17, 15) is 25.0 Å². The Kier molecular flexibility index (Phi) is 6.34. The molecular weight excluding hydrogens is 505 g/mol. The monoisotopic (exact) mass is 513 g/mol. The normalized spacial score (nSPS) is 10.6. The van der Waals surface area contributed by atoms with Gasteiger partial charge in [0, 0.05) is 18.3 Å². The van der Waals surface area contributed by atoms with Gasteiger partial charge in [0.25, 0.3) is 17.3 Å². The average Bonchev–Trinajstić information content (AvgIpc) is 3.03. The zero-order chi connectivity index (χ0) is 22.0. The summed E-state index contributed by atoms with van der Waals surface area (Å²) in [7, 11) is 0. The summed E-state index contributed by atoms with van der Waals surface area (Å²) in [5, 5.41) is 29.5. The van der Waals surface area contributed by atoms with Crippen LogP contribution in [0.3, 0.4) is 0 Å². The third kappa shape index (κ3) is 4.93. The maximum Gasteiger partial charge on any atom is 0.277 e. The van der Waals surface area contributed by atoms with Crippen molar-refractivity contribution in [2.45, 2.75) is 6.54 Å². The fourth-order valence-corrected chi connectivity index (χ4v) is 3.24. The largest absolute Gasteiger partial charge is 0.304 e. The molecule has 0 spiro atoms. The summed E-state index contributed by atoms with van der Waals surface area (Å²) in [5.41, 5.74) is -0.578. The van der Waals surface area contributed by atoms with Crippen molar-refractivity contribution in [3.63, 3.8) is 0 Å². The van der Waals surface area contributed by atoms with Crippen LogP contribution < -0.4 is 5.32 Å². The van der Waals surface area contributed by atoms with Crippen LogP contribution in [0.25, 0.3) is 0 Å². The zero-order valence-corrected chi connectivity index (χ0v) is 17.8. The molecule has 0 bridgehead atoms. The quantitative estimate of drug-likeness (QED) is 0.360. The van der Waals surface area contributed by atoms with Crippen LogP contribution in [0.1, 0.15) is 15.9 Å². The summed E-state index contributed by atoms with van der Waals surface area (Å²) in [6, 6.07) is 7.77. The molecule has 3 aromatic rings. The lowest BCUT2D eigenvalue weighted by Crippen LogP contribution is -2.14. The average molecular weight is 515 g/mol. The Bertz CT molecular complexity index is 1150.